The predicted octanol–water partition coefficient (Wildman–Crippen LogP) is 4.48. The van der Waals surface area contributed by atoms with Crippen LogP contribution in [0.15, 0.2) is 42.5 Å². The molecule has 1 saturated heterocycles. The van der Waals surface area contributed by atoms with Crippen LogP contribution in [0.5, 0.6) is 5.75 Å². The first-order valence-corrected chi connectivity index (χ1v) is 9.82. The van der Waals surface area contributed by atoms with Gasteiger partial charge in [0.15, 0.2) is 18.2 Å². The molecule has 4 nitrogen and oxygen atoms in total. The van der Waals surface area contributed by atoms with Crippen LogP contribution in [-0.4, -0.2) is 47.5 Å². The lowest BCUT2D eigenvalue weighted by atomic mass is 10.1. The summed E-state index contributed by atoms with van der Waals surface area (Å²) in [5.74, 6) is -2.89. The molecule has 0 N–H and O–H groups in total. The highest BCUT2D eigenvalue weighted by Crippen LogP contribution is 2.34. The molecule has 1 aliphatic heterocycles. The van der Waals surface area contributed by atoms with Crippen molar-refractivity contribution in [2.24, 2.45) is 0 Å². The molecule has 0 spiro atoms. The molecule has 9 heteroatoms. The smallest absolute Gasteiger partial charge is 0.419 e. The summed E-state index contributed by atoms with van der Waals surface area (Å²) >= 11 is 0. The van der Waals surface area contributed by atoms with Gasteiger partial charge in [-0.15, -0.1) is 0 Å². The third-order valence-corrected chi connectivity index (χ3v) is 5.35. The maximum Gasteiger partial charge on any atom is 0.419 e. The van der Waals surface area contributed by atoms with Gasteiger partial charge in [0.25, 0.3) is 5.91 Å². The second-order valence-corrected chi connectivity index (χ2v) is 7.70. The van der Waals surface area contributed by atoms with Gasteiger partial charge >= 0.3 is 6.18 Å². The van der Waals surface area contributed by atoms with Crippen molar-refractivity contribution in [2.45, 2.75) is 38.7 Å². The Hall–Kier alpha value is -2.68. The SMILES string of the molecule is CC1CN(C(=O)COc2cccc(C(F)(F)F)c2F)C(C)CN1Cc1ccc(F)cc1. The summed E-state index contributed by atoms with van der Waals surface area (Å²) in [7, 11) is 0. The third-order valence-electron chi connectivity index (χ3n) is 5.35. The van der Waals surface area contributed by atoms with Gasteiger partial charge in [-0.05, 0) is 43.7 Å². The maximum atomic E-state index is 14.1. The van der Waals surface area contributed by atoms with Crippen LogP contribution in [0.1, 0.15) is 25.0 Å². The molecule has 0 aromatic heterocycles. The Kier molecular flexibility index (Phi) is 6.83. The van der Waals surface area contributed by atoms with Gasteiger partial charge < -0.3 is 9.64 Å². The van der Waals surface area contributed by atoms with E-state index in [4.69, 9.17) is 4.74 Å². The number of amides is 1. The zero-order valence-corrected chi connectivity index (χ0v) is 17.1. The number of rotatable bonds is 5. The average molecular weight is 442 g/mol. The summed E-state index contributed by atoms with van der Waals surface area (Å²) < 4.78 is 70.8. The van der Waals surface area contributed by atoms with Crippen molar-refractivity contribution in [3.63, 3.8) is 0 Å². The van der Waals surface area contributed by atoms with E-state index in [1.165, 1.54) is 12.1 Å². The van der Waals surface area contributed by atoms with Crippen LogP contribution in [0, 0.1) is 11.6 Å². The molecule has 1 fully saturated rings. The summed E-state index contributed by atoms with van der Waals surface area (Å²) in [6, 6.07) is 8.74. The van der Waals surface area contributed by atoms with Crippen molar-refractivity contribution in [1.29, 1.82) is 0 Å². The van der Waals surface area contributed by atoms with Gasteiger partial charge in [-0.2, -0.15) is 13.2 Å². The zero-order valence-electron chi connectivity index (χ0n) is 17.1. The monoisotopic (exact) mass is 442 g/mol. The lowest BCUT2D eigenvalue weighted by Crippen LogP contribution is -2.58. The Morgan fingerprint density at radius 3 is 2.35 bits per heavy atom. The van der Waals surface area contributed by atoms with Gasteiger partial charge in [0.1, 0.15) is 5.82 Å². The average Bonchev–Trinajstić information content (AvgIpc) is 2.70. The van der Waals surface area contributed by atoms with Gasteiger partial charge in [-0.3, -0.25) is 9.69 Å². The van der Waals surface area contributed by atoms with Crippen molar-refractivity contribution in [3.8, 4) is 5.75 Å². The molecule has 2 aromatic carbocycles. The molecule has 0 bridgehead atoms. The number of alkyl halides is 3. The minimum Gasteiger partial charge on any atom is -0.481 e. The molecule has 0 saturated carbocycles. The minimum absolute atomic E-state index is 0.00417. The number of carbonyl (C=O) groups excluding carboxylic acids is 1. The van der Waals surface area contributed by atoms with Gasteiger partial charge in [0, 0.05) is 31.7 Å². The van der Waals surface area contributed by atoms with Crippen LogP contribution in [-0.2, 0) is 17.5 Å². The van der Waals surface area contributed by atoms with Crippen LogP contribution in [0.4, 0.5) is 22.0 Å². The first-order valence-electron chi connectivity index (χ1n) is 9.82. The quantitative estimate of drug-likeness (QED) is 0.640. The molecular weight excluding hydrogens is 419 g/mol. The van der Waals surface area contributed by atoms with Crippen LogP contribution in [0.3, 0.4) is 0 Å². The van der Waals surface area contributed by atoms with Crippen molar-refractivity contribution >= 4 is 5.91 Å². The van der Waals surface area contributed by atoms with Gasteiger partial charge in [0.05, 0.1) is 5.56 Å². The van der Waals surface area contributed by atoms with E-state index in [1.807, 2.05) is 13.8 Å². The van der Waals surface area contributed by atoms with E-state index in [0.717, 1.165) is 17.7 Å². The number of halogens is 5. The molecule has 168 valence electrons. The van der Waals surface area contributed by atoms with E-state index in [0.29, 0.717) is 25.7 Å². The largest absolute Gasteiger partial charge is 0.481 e. The number of ether oxygens (including phenoxy) is 1. The lowest BCUT2D eigenvalue weighted by Gasteiger charge is -2.44. The van der Waals surface area contributed by atoms with Gasteiger partial charge in [0.2, 0.25) is 0 Å². The molecule has 2 unspecified atom stereocenters. The molecule has 0 radical (unpaired) electrons. The Balaban J connectivity index is 1.60. The number of nitrogens with zero attached hydrogens (tertiary/aromatic N) is 2. The highest BCUT2D eigenvalue weighted by atomic mass is 19.4. The fourth-order valence-corrected chi connectivity index (χ4v) is 3.65. The van der Waals surface area contributed by atoms with E-state index in [9.17, 15) is 26.7 Å². The van der Waals surface area contributed by atoms with Crippen molar-refractivity contribution in [3.05, 3.63) is 65.2 Å². The first-order chi connectivity index (χ1) is 14.6. The lowest BCUT2D eigenvalue weighted by molar-refractivity contribution is -0.140. The zero-order chi connectivity index (χ0) is 22.8. The van der Waals surface area contributed by atoms with Crippen LogP contribution in [0.2, 0.25) is 0 Å². The van der Waals surface area contributed by atoms with Crippen molar-refractivity contribution in [1.82, 2.24) is 9.80 Å². The Morgan fingerprint density at radius 2 is 1.71 bits per heavy atom. The summed E-state index contributed by atoms with van der Waals surface area (Å²) in [4.78, 5) is 16.4. The van der Waals surface area contributed by atoms with E-state index < -0.39 is 35.8 Å². The second kappa shape index (κ2) is 9.21. The number of carbonyl (C=O) groups is 1. The number of hydrogen-bond acceptors (Lipinski definition) is 3. The molecule has 1 aliphatic rings. The molecule has 1 heterocycles. The molecular formula is C22H23F5N2O2. The maximum absolute atomic E-state index is 14.1. The number of benzene rings is 2. The van der Waals surface area contributed by atoms with Crippen LogP contribution in [0.25, 0.3) is 0 Å². The van der Waals surface area contributed by atoms with Crippen molar-refractivity contribution < 1.29 is 31.5 Å². The summed E-state index contributed by atoms with van der Waals surface area (Å²) in [6.07, 6.45) is -4.85. The third kappa shape index (κ3) is 5.52. The highest BCUT2D eigenvalue weighted by molar-refractivity contribution is 5.78. The Morgan fingerprint density at radius 1 is 1.03 bits per heavy atom. The second-order valence-electron chi connectivity index (χ2n) is 7.70. The standard InChI is InChI=1S/C22H23F5N2O2/c1-14-11-29(15(2)10-28(14)12-16-6-8-17(23)9-7-16)20(30)13-31-19-5-3-4-18(21(19)24)22(25,26)27/h3-9,14-15H,10-13H2,1-2H3. The fraction of sp³-hybridized carbons (Fsp3) is 0.409. The normalized spacial score (nSPS) is 20.0. The summed E-state index contributed by atoms with van der Waals surface area (Å²) in [5, 5.41) is 0. The first kappa shape index (κ1) is 23.0. The number of hydrogen-bond donors (Lipinski definition) is 0. The molecule has 31 heavy (non-hydrogen) atoms. The predicted molar refractivity (Wildman–Crippen MR) is 104 cm³/mol. The highest BCUT2D eigenvalue weighted by Gasteiger charge is 2.36. The summed E-state index contributed by atoms with van der Waals surface area (Å²) in [6.45, 7) is 4.78. The van der Waals surface area contributed by atoms with E-state index in [2.05, 4.69) is 4.90 Å². The van der Waals surface area contributed by atoms with Crippen molar-refractivity contribution in [2.75, 3.05) is 19.7 Å². The van der Waals surface area contributed by atoms with Gasteiger partial charge in [-0.25, -0.2) is 8.78 Å². The summed E-state index contributed by atoms with van der Waals surface area (Å²) in [5.41, 5.74) is -0.488. The Bertz CT molecular complexity index is 917. The molecule has 2 atom stereocenters. The van der Waals surface area contributed by atoms with E-state index in [1.54, 1.807) is 17.0 Å². The van der Waals surface area contributed by atoms with Gasteiger partial charge in [-0.1, -0.05) is 18.2 Å². The molecule has 0 aliphatic carbocycles. The topological polar surface area (TPSA) is 32.8 Å². The molecule has 3 rings (SSSR count). The van der Waals surface area contributed by atoms with E-state index in [-0.39, 0.29) is 17.9 Å². The van der Waals surface area contributed by atoms with Crippen LogP contribution < -0.4 is 4.74 Å². The molecule has 1 amide bonds. The Labute approximate surface area is 177 Å². The van der Waals surface area contributed by atoms with Crippen LogP contribution >= 0.6 is 0 Å². The van der Waals surface area contributed by atoms with E-state index >= 15 is 0 Å². The minimum atomic E-state index is -4.85. The fourth-order valence-electron chi connectivity index (χ4n) is 3.65. The number of piperazine rings is 1. The molecule has 2 aromatic rings.